The Kier molecular flexibility index (Phi) is 5.75. The van der Waals surface area contributed by atoms with Crippen molar-refractivity contribution < 1.29 is 9.90 Å². The Hall–Kier alpha value is -1.65. The highest BCUT2D eigenvalue weighted by Gasteiger charge is 2.21. The van der Waals surface area contributed by atoms with E-state index in [0.29, 0.717) is 12.0 Å². The van der Waals surface area contributed by atoms with Gasteiger partial charge in [0.25, 0.3) is 5.91 Å². The Bertz CT molecular complexity index is 626. The molecule has 22 heavy (non-hydrogen) atoms. The predicted octanol–water partition coefficient (Wildman–Crippen LogP) is 3.56. The van der Waals surface area contributed by atoms with Crippen LogP contribution < -0.4 is 5.32 Å². The van der Waals surface area contributed by atoms with Crippen LogP contribution in [0.2, 0.25) is 0 Å². The van der Waals surface area contributed by atoms with Crippen molar-refractivity contribution in [2.45, 2.75) is 25.4 Å². The molecule has 0 heterocycles. The van der Waals surface area contributed by atoms with Gasteiger partial charge in [0.2, 0.25) is 0 Å². The summed E-state index contributed by atoms with van der Waals surface area (Å²) in [6, 6.07) is 17.3. The van der Waals surface area contributed by atoms with Gasteiger partial charge in [0, 0.05) is 11.0 Å². The van der Waals surface area contributed by atoms with E-state index in [0.717, 1.165) is 10.9 Å². The number of halogens is 1. The van der Waals surface area contributed by atoms with E-state index in [1.165, 1.54) is 5.56 Å². The molecule has 0 aromatic heterocycles. The molecule has 4 heteroatoms. The maximum Gasteiger partial charge on any atom is 0.252 e. The monoisotopic (exact) mass is 361 g/mol. The van der Waals surface area contributed by atoms with Crippen molar-refractivity contribution in [2.75, 3.05) is 6.54 Å². The summed E-state index contributed by atoms with van der Waals surface area (Å²) in [5.41, 5.74) is 0.813. The highest BCUT2D eigenvalue weighted by atomic mass is 79.9. The highest BCUT2D eigenvalue weighted by Crippen LogP contribution is 2.17. The summed E-state index contributed by atoms with van der Waals surface area (Å²) in [4.78, 5) is 12.1. The van der Waals surface area contributed by atoms with Crippen LogP contribution in [0.5, 0.6) is 0 Å². The molecule has 0 radical (unpaired) electrons. The average Bonchev–Trinajstić information content (AvgIpc) is 2.52. The van der Waals surface area contributed by atoms with E-state index in [1.54, 1.807) is 13.0 Å². The summed E-state index contributed by atoms with van der Waals surface area (Å²) in [7, 11) is 0. The normalized spacial score (nSPS) is 13.4. The van der Waals surface area contributed by atoms with Crippen LogP contribution in [-0.2, 0) is 6.42 Å². The van der Waals surface area contributed by atoms with Crippen molar-refractivity contribution in [3.63, 3.8) is 0 Å². The second-order valence-electron chi connectivity index (χ2n) is 5.65. The zero-order valence-electron chi connectivity index (χ0n) is 12.6. The van der Waals surface area contributed by atoms with Crippen LogP contribution in [0.1, 0.15) is 29.3 Å². The zero-order valence-corrected chi connectivity index (χ0v) is 14.1. The van der Waals surface area contributed by atoms with Crippen molar-refractivity contribution in [1.29, 1.82) is 0 Å². The van der Waals surface area contributed by atoms with Crippen LogP contribution >= 0.6 is 15.9 Å². The SMILES string of the molecule is CC(O)(CCc1ccccc1)CNC(=O)c1ccccc1Br. The van der Waals surface area contributed by atoms with Crippen molar-refractivity contribution >= 4 is 21.8 Å². The van der Waals surface area contributed by atoms with Crippen molar-refractivity contribution in [3.8, 4) is 0 Å². The Morgan fingerprint density at radius 1 is 1.14 bits per heavy atom. The molecule has 0 fully saturated rings. The standard InChI is InChI=1S/C18H20BrNO2/c1-18(22,12-11-14-7-3-2-4-8-14)13-20-17(21)15-9-5-6-10-16(15)19/h2-10,22H,11-13H2,1H3,(H,20,21). The van der Waals surface area contributed by atoms with E-state index in [2.05, 4.69) is 21.2 Å². The number of benzene rings is 2. The zero-order chi connectivity index (χ0) is 16.0. The van der Waals surface area contributed by atoms with Gasteiger partial charge < -0.3 is 10.4 Å². The molecule has 0 saturated heterocycles. The molecule has 0 spiro atoms. The molecule has 2 aromatic rings. The van der Waals surface area contributed by atoms with Gasteiger partial charge in [-0.05, 0) is 53.4 Å². The molecule has 0 bridgehead atoms. The lowest BCUT2D eigenvalue weighted by molar-refractivity contribution is 0.0478. The lowest BCUT2D eigenvalue weighted by atomic mass is 9.96. The fraction of sp³-hybridized carbons (Fsp3) is 0.278. The molecule has 0 aliphatic rings. The van der Waals surface area contributed by atoms with Gasteiger partial charge in [-0.3, -0.25) is 4.79 Å². The third-order valence-electron chi connectivity index (χ3n) is 3.54. The first-order valence-corrected chi connectivity index (χ1v) is 8.06. The van der Waals surface area contributed by atoms with Crippen LogP contribution in [0.4, 0.5) is 0 Å². The maximum absolute atomic E-state index is 12.1. The highest BCUT2D eigenvalue weighted by molar-refractivity contribution is 9.10. The van der Waals surface area contributed by atoms with Crippen molar-refractivity contribution in [2.24, 2.45) is 0 Å². The van der Waals surface area contributed by atoms with E-state index >= 15 is 0 Å². The van der Waals surface area contributed by atoms with E-state index in [4.69, 9.17) is 0 Å². The first kappa shape index (κ1) is 16.7. The molecule has 2 N–H and O–H groups in total. The van der Waals surface area contributed by atoms with Gasteiger partial charge in [0.15, 0.2) is 0 Å². The summed E-state index contributed by atoms with van der Waals surface area (Å²) >= 11 is 3.36. The lowest BCUT2D eigenvalue weighted by Gasteiger charge is -2.24. The number of aryl methyl sites for hydroxylation is 1. The first-order chi connectivity index (χ1) is 10.5. The molecule has 1 unspecified atom stereocenters. The van der Waals surface area contributed by atoms with Gasteiger partial charge >= 0.3 is 0 Å². The smallest absolute Gasteiger partial charge is 0.252 e. The van der Waals surface area contributed by atoms with Crippen LogP contribution in [0.3, 0.4) is 0 Å². The number of aliphatic hydroxyl groups is 1. The second kappa shape index (κ2) is 7.56. The molecule has 2 rings (SSSR count). The molecule has 0 aliphatic heterocycles. The van der Waals surface area contributed by atoms with Gasteiger partial charge in [0.05, 0.1) is 11.2 Å². The summed E-state index contributed by atoms with van der Waals surface area (Å²) < 4.78 is 0.747. The summed E-state index contributed by atoms with van der Waals surface area (Å²) in [6.07, 6.45) is 1.37. The Morgan fingerprint density at radius 3 is 2.45 bits per heavy atom. The minimum atomic E-state index is -0.938. The Balaban J connectivity index is 1.87. The van der Waals surface area contributed by atoms with E-state index < -0.39 is 5.60 Å². The lowest BCUT2D eigenvalue weighted by Crippen LogP contribution is -2.41. The molecular weight excluding hydrogens is 342 g/mol. The molecule has 0 aliphatic carbocycles. The topological polar surface area (TPSA) is 49.3 Å². The fourth-order valence-corrected chi connectivity index (χ4v) is 2.62. The van der Waals surface area contributed by atoms with Crippen LogP contribution in [-0.4, -0.2) is 23.2 Å². The third kappa shape index (κ3) is 4.97. The Labute approximate surface area is 139 Å². The van der Waals surface area contributed by atoms with Gasteiger partial charge in [-0.25, -0.2) is 0 Å². The fourth-order valence-electron chi connectivity index (χ4n) is 2.16. The maximum atomic E-state index is 12.1. The molecule has 2 aromatic carbocycles. The minimum absolute atomic E-state index is 0.188. The number of rotatable bonds is 6. The van der Waals surface area contributed by atoms with Gasteiger partial charge in [0.1, 0.15) is 0 Å². The quantitative estimate of drug-likeness (QED) is 0.826. The van der Waals surface area contributed by atoms with E-state index in [9.17, 15) is 9.90 Å². The van der Waals surface area contributed by atoms with Gasteiger partial charge in [-0.2, -0.15) is 0 Å². The van der Waals surface area contributed by atoms with E-state index in [-0.39, 0.29) is 12.5 Å². The van der Waals surface area contributed by atoms with Crippen LogP contribution in [0, 0.1) is 0 Å². The molecule has 1 amide bonds. The Morgan fingerprint density at radius 2 is 1.77 bits per heavy atom. The molecule has 116 valence electrons. The van der Waals surface area contributed by atoms with Gasteiger partial charge in [-0.15, -0.1) is 0 Å². The number of hydrogen-bond acceptors (Lipinski definition) is 2. The van der Waals surface area contributed by atoms with Crippen molar-refractivity contribution in [3.05, 3.63) is 70.2 Å². The first-order valence-electron chi connectivity index (χ1n) is 7.27. The number of carbonyl (C=O) groups is 1. The number of carbonyl (C=O) groups excluding carboxylic acids is 1. The van der Waals surface area contributed by atoms with Crippen molar-refractivity contribution in [1.82, 2.24) is 5.32 Å². The molecule has 1 atom stereocenters. The largest absolute Gasteiger partial charge is 0.388 e. The van der Waals surface area contributed by atoms with Gasteiger partial charge in [-0.1, -0.05) is 42.5 Å². The summed E-state index contributed by atoms with van der Waals surface area (Å²) in [6.45, 7) is 1.97. The van der Waals surface area contributed by atoms with Crippen LogP contribution in [0.25, 0.3) is 0 Å². The molecule has 3 nitrogen and oxygen atoms in total. The van der Waals surface area contributed by atoms with E-state index in [1.807, 2.05) is 48.5 Å². The third-order valence-corrected chi connectivity index (χ3v) is 4.23. The molecule has 0 saturated carbocycles. The number of amides is 1. The van der Waals surface area contributed by atoms with Crippen LogP contribution in [0.15, 0.2) is 59.1 Å². The molecular formula is C18H20BrNO2. The predicted molar refractivity (Wildman–Crippen MR) is 91.9 cm³/mol. The summed E-state index contributed by atoms with van der Waals surface area (Å²) in [5.74, 6) is -0.188. The number of hydrogen-bond donors (Lipinski definition) is 2. The number of nitrogens with one attached hydrogen (secondary N) is 1. The summed E-state index contributed by atoms with van der Waals surface area (Å²) in [5, 5.41) is 13.2. The average molecular weight is 362 g/mol. The second-order valence-corrected chi connectivity index (χ2v) is 6.50. The minimum Gasteiger partial charge on any atom is -0.388 e.